The van der Waals surface area contributed by atoms with Crippen molar-refractivity contribution < 1.29 is 13.2 Å². The molecule has 118 valence electrons. The van der Waals surface area contributed by atoms with E-state index in [-0.39, 0.29) is 11.0 Å². The first-order valence-corrected chi connectivity index (χ1v) is 8.59. The van der Waals surface area contributed by atoms with Crippen molar-refractivity contribution in [3.8, 4) is 0 Å². The lowest BCUT2D eigenvalue weighted by Gasteiger charge is -2.24. The molecule has 0 heterocycles. The zero-order chi connectivity index (χ0) is 16.2. The molecule has 2 atom stereocenters. The summed E-state index contributed by atoms with van der Waals surface area (Å²) >= 11 is 0. The van der Waals surface area contributed by atoms with Crippen LogP contribution in [-0.4, -0.2) is 21.6 Å². The number of hydrogen-bond acceptors (Lipinski definition) is 3. The third-order valence-electron chi connectivity index (χ3n) is 3.51. The molecule has 1 N–H and O–H groups in total. The Bertz CT molecular complexity index is 696. The summed E-state index contributed by atoms with van der Waals surface area (Å²) in [5.41, 5.74) is 1.95. The number of nitrogens with one attached hydrogen (secondary N) is 1. The summed E-state index contributed by atoms with van der Waals surface area (Å²) < 4.78 is 33.0. The van der Waals surface area contributed by atoms with Gasteiger partial charge in [0.25, 0.3) is 0 Å². The van der Waals surface area contributed by atoms with Gasteiger partial charge in [0, 0.05) is 13.2 Å². The fourth-order valence-electron chi connectivity index (χ4n) is 2.36. The molecule has 0 aliphatic heterocycles. The van der Waals surface area contributed by atoms with Crippen LogP contribution in [0, 0.1) is 6.92 Å². The first-order valence-electron chi connectivity index (χ1n) is 7.11. The van der Waals surface area contributed by atoms with Gasteiger partial charge in [0.1, 0.15) is 0 Å². The second-order valence-electron chi connectivity index (χ2n) is 5.29. The highest BCUT2D eigenvalue weighted by molar-refractivity contribution is 7.89. The normalized spacial score (nSPS) is 14.5. The third-order valence-corrected chi connectivity index (χ3v) is 5.08. The van der Waals surface area contributed by atoms with Gasteiger partial charge in [0.15, 0.2) is 0 Å². The number of methoxy groups -OCH3 is 1. The molecule has 0 saturated heterocycles. The zero-order valence-corrected chi connectivity index (χ0v) is 13.8. The van der Waals surface area contributed by atoms with Gasteiger partial charge in [-0.3, -0.25) is 0 Å². The maximum atomic E-state index is 12.4. The molecule has 2 aromatic carbocycles. The van der Waals surface area contributed by atoms with Gasteiger partial charge in [-0.15, -0.1) is 0 Å². The third kappa shape index (κ3) is 3.94. The molecule has 0 fully saturated rings. The second kappa shape index (κ2) is 7.05. The SMILES string of the molecule is CO[C@H](c1ccccc1)[C@H](C)NS(=O)(=O)c1ccc(C)cc1. The van der Waals surface area contributed by atoms with Crippen LogP contribution in [0.15, 0.2) is 59.5 Å². The zero-order valence-electron chi connectivity index (χ0n) is 13.0. The lowest BCUT2D eigenvalue weighted by molar-refractivity contribution is 0.0805. The molecule has 0 aliphatic rings. The predicted molar refractivity (Wildman–Crippen MR) is 87.2 cm³/mol. The van der Waals surface area contributed by atoms with Crippen molar-refractivity contribution in [1.29, 1.82) is 0 Å². The first kappa shape index (κ1) is 16.7. The number of benzene rings is 2. The topological polar surface area (TPSA) is 55.4 Å². The van der Waals surface area contributed by atoms with E-state index < -0.39 is 16.1 Å². The highest BCUT2D eigenvalue weighted by Gasteiger charge is 2.24. The Labute approximate surface area is 132 Å². The molecule has 0 saturated carbocycles. The number of rotatable bonds is 6. The molecule has 0 radical (unpaired) electrons. The minimum absolute atomic E-state index is 0.257. The molecule has 0 unspecified atom stereocenters. The Balaban J connectivity index is 2.19. The smallest absolute Gasteiger partial charge is 0.240 e. The number of aryl methyl sites for hydroxylation is 1. The van der Waals surface area contributed by atoms with Crippen molar-refractivity contribution in [3.63, 3.8) is 0 Å². The number of hydrogen-bond donors (Lipinski definition) is 1. The van der Waals surface area contributed by atoms with Gasteiger partial charge >= 0.3 is 0 Å². The van der Waals surface area contributed by atoms with Crippen LogP contribution in [0.1, 0.15) is 24.2 Å². The molecule has 22 heavy (non-hydrogen) atoms. The van der Waals surface area contributed by atoms with Gasteiger partial charge in [0.05, 0.1) is 11.0 Å². The average Bonchev–Trinajstić information content (AvgIpc) is 2.49. The van der Waals surface area contributed by atoms with Gasteiger partial charge < -0.3 is 4.74 Å². The van der Waals surface area contributed by atoms with Gasteiger partial charge in [-0.05, 0) is 31.5 Å². The van der Waals surface area contributed by atoms with E-state index in [0.29, 0.717) is 0 Å². The molecule has 2 rings (SSSR count). The Hall–Kier alpha value is -1.69. The molecule has 5 heteroatoms. The largest absolute Gasteiger partial charge is 0.375 e. The van der Waals surface area contributed by atoms with Crippen LogP contribution >= 0.6 is 0 Å². The summed E-state index contributed by atoms with van der Waals surface area (Å²) in [6.45, 7) is 3.72. The van der Waals surface area contributed by atoms with E-state index in [1.165, 1.54) is 0 Å². The average molecular weight is 319 g/mol. The summed E-state index contributed by atoms with van der Waals surface area (Å²) in [6.07, 6.45) is -0.346. The minimum Gasteiger partial charge on any atom is -0.375 e. The molecule has 0 bridgehead atoms. The standard InChI is InChI=1S/C17H21NO3S/c1-13-9-11-16(12-10-13)22(19,20)18-14(2)17(21-3)15-7-5-4-6-8-15/h4-12,14,17-18H,1-3H3/t14-,17-/m0/s1. The molecule has 0 aromatic heterocycles. The summed E-state index contributed by atoms with van der Waals surface area (Å²) in [7, 11) is -1.99. The predicted octanol–water partition coefficient (Wildman–Crippen LogP) is 3.05. The lowest BCUT2D eigenvalue weighted by atomic mass is 10.0. The quantitative estimate of drug-likeness (QED) is 0.890. The Kier molecular flexibility index (Phi) is 5.34. The van der Waals surface area contributed by atoms with Crippen LogP contribution in [0.3, 0.4) is 0 Å². The van der Waals surface area contributed by atoms with E-state index in [2.05, 4.69) is 4.72 Å². The first-order chi connectivity index (χ1) is 10.4. The van der Waals surface area contributed by atoms with Crippen molar-refractivity contribution in [2.75, 3.05) is 7.11 Å². The van der Waals surface area contributed by atoms with Crippen LogP contribution in [0.25, 0.3) is 0 Å². The lowest BCUT2D eigenvalue weighted by Crippen LogP contribution is -2.37. The van der Waals surface area contributed by atoms with E-state index in [1.807, 2.05) is 37.3 Å². The maximum absolute atomic E-state index is 12.4. The van der Waals surface area contributed by atoms with Gasteiger partial charge in [0.2, 0.25) is 10.0 Å². The minimum atomic E-state index is -3.57. The number of sulfonamides is 1. The fraction of sp³-hybridized carbons (Fsp3) is 0.294. The Morgan fingerprint density at radius 3 is 2.14 bits per heavy atom. The van der Waals surface area contributed by atoms with Crippen LogP contribution in [0.4, 0.5) is 0 Å². The Morgan fingerprint density at radius 1 is 1.00 bits per heavy atom. The summed E-state index contributed by atoms with van der Waals surface area (Å²) in [5, 5.41) is 0. The van der Waals surface area contributed by atoms with E-state index >= 15 is 0 Å². The molecule has 0 spiro atoms. The van der Waals surface area contributed by atoms with Crippen LogP contribution in [-0.2, 0) is 14.8 Å². The van der Waals surface area contributed by atoms with Crippen molar-refractivity contribution in [2.45, 2.75) is 30.9 Å². The molecule has 0 aliphatic carbocycles. The van der Waals surface area contributed by atoms with Crippen LogP contribution < -0.4 is 4.72 Å². The van der Waals surface area contributed by atoms with Crippen LogP contribution in [0.2, 0.25) is 0 Å². The van der Waals surface area contributed by atoms with Gasteiger partial charge in [-0.25, -0.2) is 13.1 Å². The highest BCUT2D eigenvalue weighted by atomic mass is 32.2. The maximum Gasteiger partial charge on any atom is 0.240 e. The van der Waals surface area contributed by atoms with E-state index in [9.17, 15) is 8.42 Å². The summed E-state index contributed by atoms with van der Waals surface area (Å²) in [5.74, 6) is 0. The molecular formula is C17H21NO3S. The van der Waals surface area contributed by atoms with Crippen molar-refractivity contribution in [2.24, 2.45) is 0 Å². The van der Waals surface area contributed by atoms with Crippen molar-refractivity contribution in [1.82, 2.24) is 4.72 Å². The van der Waals surface area contributed by atoms with E-state index in [0.717, 1.165) is 11.1 Å². The van der Waals surface area contributed by atoms with E-state index in [4.69, 9.17) is 4.74 Å². The summed E-state index contributed by atoms with van der Waals surface area (Å²) in [4.78, 5) is 0.257. The van der Waals surface area contributed by atoms with Crippen LogP contribution in [0.5, 0.6) is 0 Å². The monoisotopic (exact) mass is 319 g/mol. The molecule has 2 aromatic rings. The van der Waals surface area contributed by atoms with E-state index in [1.54, 1.807) is 38.3 Å². The second-order valence-corrected chi connectivity index (χ2v) is 7.00. The van der Waals surface area contributed by atoms with Crippen molar-refractivity contribution >= 4 is 10.0 Å². The fourth-order valence-corrected chi connectivity index (χ4v) is 3.61. The van der Waals surface area contributed by atoms with Crippen molar-refractivity contribution in [3.05, 3.63) is 65.7 Å². The summed E-state index contributed by atoms with van der Waals surface area (Å²) in [6, 6.07) is 16.0. The molecule has 4 nitrogen and oxygen atoms in total. The molecule has 0 amide bonds. The highest BCUT2D eigenvalue weighted by Crippen LogP contribution is 2.22. The van der Waals surface area contributed by atoms with Gasteiger partial charge in [-0.2, -0.15) is 0 Å². The molecular weight excluding hydrogens is 298 g/mol. The van der Waals surface area contributed by atoms with Gasteiger partial charge in [-0.1, -0.05) is 48.0 Å². The Morgan fingerprint density at radius 2 is 1.59 bits per heavy atom. The number of ether oxygens (including phenoxy) is 1.